The minimum atomic E-state index is -3.31. The van der Waals surface area contributed by atoms with Crippen molar-refractivity contribution in [2.24, 2.45) is 0 Å². The van der Waals surface area contributed by atoms with Gasteiger partial charge in [0.05, 0.1) is 11.9 Å². The summed E-state index contributed by atoms with van der Waals surface area (Å²) in [5.74, 6) is -0.299. The average molecular weight is 284 g/mol. The SMILES string of the molecule is CS(=O)(=O)N1CC2(CCNCC2)c2cc(F)ccc21. The molecule has 104 valence electrons. The van der Waals surface area contributed by atoms with Crippen molar-refractivity contribution in [3.8, 4) is 0 Å². The van der Waals surface area contributed by atoms with Gasteiger partial charge in [-0.3, -0.25) is 4.31 Å². The van der Waals surface area contributed by atoms with Gasteiger partial charge in [-0.05, 0) is 49.7 Å². The molecule has 1 spiro atoms. The Morgan fingerprint density at radius 3 is 2.63 bits per heavy atom. The molecule has 0 aliphatic carbocycles. The Morgan fingerprint density at radius 1 is 1.32 bits per heavy atom. The molecule has 1 aromatic rings. The van der Waals surface area contributed by atoms with Crippen LogP contribution in [0.4, 0.5) is 10.1 Å². The molecule has 0 bridgehead atoms. The van der Waals surface area contributed by atoms with Crippen LogP contribution in [-0.4, -0.2) is 34.3 Å². The Labute approximate surface area is 112 Å². The normalized spacial score (nSPS) is 21.7. The van der Waals surface area contributed by atoms with Gasteiger partial charge < -0.3 is 5.32 Å². The van der Waals surface area contributed by atoms with Crippen LogP contribution < -0.4 is 9.62 Å². The predicted molar refractivity (Wildman–Crippen MR) is 72.4 cm³/mol. The van der Waals surface area contributed by atoms with Crippen molar-refractivity contribution in [3.63, 3.8) is 0 Å². The van der Waals surface area contributed by atoms with E-state index in [0.29, 0.717) is 12.2 Å². The zero-order valence-corrected chi connectivity index (χ0v) is 11.6. The first-order chi connectivity index (χ1) is 8.92. The molecular weight excluding hydrogens is 267 g/mol. The van der Waals surface area contributed by atoms with Crippen molar-refractivity contribution in [1.82, 2.24) is 5.32 Å². The number of nitrogens with one attached hydrogen (secondary N) is 1. The van der Waals surface area contributed by atoms with E-state index in [0.717, 1.165) is 31.5 Å². The van der Waals surface area contributed by atoms with Crippen LogP contribution in [0.2, 0.25) is 0 Å². The number of hydrogen-bond acceptors (Lipinski definition) is 3. The first-order valence-electron chi connectivity index (χ1n) is 6.41. The topological polar surface area (TPSA) is 49.4 Å². The number of benzene rings is 1. The third-order valence-electron chi connectivity index (χ3n) is 4.21. The standard InChI is InChI=1S/C13H17FN2O2S/c1-19(17,18)16-9-13(4-6-15-7-5-13)11-8-10(14)2-3-12(11)16/h2-3,8,15H,4-7,9H2,1H3. The first kappa shape index (κ1) is 12.9. The Morgan fingerprint density at radius 2 is 2.00 bits per heavy atom. The zero-order valence-electron chi connectivity index (χ0n) is 10.8. The van der Waals surface area contributed by atoms with Gasteiger partial charge in [-0.25, -0.2) is 12.8 Å². The molecule has 1 aromatic carbocycles. The molecule has 2 aliphatic rings. The van der Waals surface area contributed by atoms with Gasteiger partial charge in [-0.1, -0.05) is 0 Å². The van der Waals surface area contributed by atoms with Gasteiger partial charge in [-0.2, -0.15) is 0 Å². The number of anilines is 1. The molecule has 0 unspecified atom stereocenters. The van der Waals surface area contributed by atoms with Crippen LogP contribution in [-0.2, 0) is 15.4 Å². The number of piperidine rings is 1. The molecule has 1 N–H and O–H groups in total. The highest BCUT2D eigenvalue weighted by atomic mass is 32.2. The molecule has 2 aliphatic heterocycles. The van der Waals surface area contributed by atoms with Gasteiger partial charge >= 0.3 is 0 Å². The number of fused-ring (bicyclic) bond motifs is 2. The van der Waals surface area contributed by atoms with Crippen molar-refractivity contribution in [1.29, 1.82) is 0 Å². The fourth-order valence-electron chi connectivity index (χ4n) is 3.22. The molecule has 19 heavy (non-hydrogen) atoms. The summed E-state index contributed by atoms with van der Waals surface area (Å²) < 4.78 is 38.8. The molecule has 1 fully saturated rings. The van der Waals surface area contributed by atoms with E-state index in [1.54, 1.807) is 6.07 Å². The van der Waals surface area contributed by atoms with Crippen molar-refractivity contribution in [3.05, 3.63) is 29.6 Å². The fourth-order valence-corrected chi connectivity index (χ4v) is 4.22. The second-order valence-electron chi connectivity index (χ2n) is 5.46. The van der Waals surface area contributed by atoms with Crippen molar-refractivity contribution in [2.45, 2.75) is 18.3 Å². The largest absolute Gasteiger partial charge is 0.317 e. The van der Waals surface area contributed by atoms with Crippen LogP contribution in [0.25, 0.3) is 0 Å². The molecule has 0 aromatic heterocycles. The number of hydrogen-bond donors (Lipinski definition) is 1. The van der Waals surface area contributed by atoms with Gasteiger partial charge in [0.1, 0.15) is 5.82 Å². The van der Waals surface area contributed by atoms with E-state index in [4.69, 9.17) is 0 Å². The van der Waals surface area contributed by atoms with Crippen molar-refractivity contribution in [2.75, 3.05) is 30.2 Å². The molecule has 0 amide bonds. The first-order valence-corrected chi connectivity index (χ1v) is 8.26. The summed E-state index contributed by atoms with van der Waals surface area (Å²) in [5, 5.41) is 3.27. The maximum absolute atomic E-state index is 13.5. The minimum absolute atomic E-state index is 0.230. The van der Waals surface area contributed by atoms with Crippen LogP contribution >= 0.6 is 0 Å². The molecule has 0 saturated carbocycles. The molecule has 2 heterocycles. The lowest BCUT2D eigenvalue weighted by molar-refractivity contribution is 0.329. The minimum Gasteiger partial charge on any atom is -0.317 e. The highest BCUT2D eigenvalue weighted by Gasteiger charge is 2.46. The van der Waals surface area contributed by atoms with E-state index >= 15 is 0 Å². The zero-order chi connectivity index (χ0) is 13.7. The molecule has 0 radical (unpaired) electrons. The Balaban J connectivity index is 2.15. The van der Waals surface area contributed by atoms with Gasteiger partial charge in [0.2, 0.25) is 10.0 Å². The lowest BCUT2D eigenvalue weighted by Gasteiger charge is -2.34. The van der Waals surface area contributed by atoms with Crippen molar-refractivity contribution < 1.29 is 12.8 Å². The molecule has 3 rings (SSSR count). The second kappa shape index (κ2) is 4.18. The number of rotatable bonds is 1. The van der Waals surface area contributed by atoms with Gasteiger partial charge in [0, 0.05) is 12.0 Å². The second-order valence-corrected chi connectivity index (χ2v) is 7.37. The Bertz CT molecular complexity index is 609. The summed E-state index contributed by atoms with van der Waals surface area (Å²) in [6.07, 6.45) is 2.89. The van der Waals surface area contributed by atoms with E-state index in [9.17, 15) is 12.8 Å². The summed E-state index contributed by atoms with van der Waals surface area (Å²) in [6, 6.07) is 4.42. The van der Waals surface area contributed by atoms with Crippen LogP contribution in [0.5, 0.6) is 0 Å². The number of sulfonamides is 1. The van der Waals surface area contributed by atoms with E-state index in [-0.39, 0.29) is 11.2 Å². The van der Waals surface area contributed by atoms with Crippen LogP contribution in [0.3, 0.4) is 0 Å². The quantitative estimate of drug-likeness (QED) is 0.844. The lowest BCUT2D eigenvalue weighted by Crippen LogP contribution is -2.44. The molecule has 6 heteroatoms. The van der Waals surface area contributed by atoms with Crippen LogP contribution in [0.15, 0.2) is 18.2 Å². The monoisotopic (exact) mass is 284 g/mol. The summed E-state index contributed by atoms with van der Waals surface area (Å²) in [6.45, 7) is 2.12. The van der Waals surface area contributed by atoms with Crippen molar-refractivity contribution >= 4 is 15.7 Å². The summed E-state index contributed by atoms with van der Waals surface area (Å²) in [7, 11) is -3.31. The van der Waals surface area contributed by atoms with E-state index < -0.39 is 10.0 Å². The predicted octanol–water partition coefficient (Wildman–Crippen LogP) is 1.23. The van der Waals surface area contributed by atoms with Crippen LogP contribution in [0.1, 0.15) is 18.4 Å². The van der Waals surface area contributed by atoms with Crippen LogP contribution in [0, 0.1) is 5.82 Å². The lowest BCUT2D eigenvalue weighted by atomic mass is 9.75. The number of nitrogens with zero attached hydrogens (tertiary/aromatic N) is 1. The third kappa shape index (κ3) is 2.03. The molecule has 4 nitrogen and oxygen atoms in total. The van der Waals surface area contributed by atoms with Gasteiger partial charge in [-0.15, -0.1) is 0 Å². The molecule has 0 atom stereocenters. The third-order valence-corrected chi connectivity index (χ3v) is 5.33. The Kier molecular flexibility index (Phi) is 2.83. The smallest absolute Gasteiger partial charge is 0.232 e. The van der Waals surface area contributed by atoms with Gasteiger partial charge in [0.25, 0.3) is 0 Å². The maximum Gasteiger partial charge on any atom is 0.232 e. The fraction of sp³-hybridized carbons (Fsp3) is 0.538. The molecule has 1 saturated heterocycles. The van der Waals surface area contributed by atoms with E-state index in [2.05, 4.69) is 5.32 Å². The summed E-state index contributed by atoms with van der Waals surface area (Å²) in [5.41, 5.74) is 1.26. The van der Waals surface area contributed by atoms with Gasteiger partial charge in [0.15, 0.2) is 0 Å². The highest BCUT2D eigenvalue weighted by molar-refractivity contribution is 7.92. The molecular formula is C13H17FN2O2S. The summed E-state index contributed by atoms with van der Waals surface area (Å²) >= 11 is 0. The van der Waals surface area contributed by atoms with E-state index in [1.165, 1.54) is 22.7 Å². The maximum atomic E-state index is 13.5. The average Bonchev–Trinajstić information content (AvgIpc) is 2.65. The highest BCUT2D eigenvalue weighted by Crippen LogP contribution is 2.47. The number of halogens is 1. The summed E-state index contributed by atoms with van der Waals surface area (Å²) in [4.78, 5) is 0. The Hall–Kier alpha value is -1.14. The van der Waals surface area contributed by atoms with E-state index in [1.807, 2.05) is 0 Å².